The van der Waals surface area contributed by atoms with E-state index in [4.69, 9.17) is 23.2 Å². The van der Waals surface area contributed by atoms with Gasteiger partial charge in [0.05, 0.1) is 10.0 Å². The van der Waals surface area contributed by atoms with Crippen molar-refractivity contribution in [3.8, 4) is 0 Å². The van der Waals surface area contributed by atoms with E-state index in [0.29, 0.717) is 41.5 Å². The number of ketones is 1. The highest BCUT2D eigenvalue weighted by Crippen LogP contribution is 2.26. The van der Waals surface area contributed by atoms with E-state index in [1.54, 1.807) is 23.1 Å². The Morgan fingerprint density at radius 2 is 1.54 bits per heavy atom. The molecule has 0 aromatic heterocycles. The molecule has 0 radical (unpaired) electrons. The minimum Gasteiger partial charge on any atom is -0.339 e. The molecule has 1 saturated heterocycles. The highest BCUT2D eigenvalue weighted by Gasteiger charge is 2.28. The van der Waals surface area contributed by atoms with Crippen LogP contribution in [0.4, 0.5) is 0 Å². The molecule has 0 spiro atoms. The van der Waals surface area contributed by atoms with Gasteiger partial charge in [0, 0.05) is 30.1 Å². The molecule has 1 fully saturated rings. The summed E-state index contributed by atoms with van der Waals surface area (Å²) in [6.07, 6.45) is 1.36. The molecule has 0 aliphatic carbocycles. The fourth-order valence-electron chi connectivity index (χ4n) is 2.99. The first-order valence-corrected chi connectivity index (χ1v) is 8.65. The molecule has 0 N–H and O–H groups in total. The van der Waals surface area contributed by atoms with Crippen molar-refractivity contribution in [3.63, 3.8) is 0 Å². The molecular weight excluding hydrogens is 345 g/mol. The molecule has 0 bridgehead atoms. The van der Waals surface area contributed by atoms with Gasteiger partial charge in [-0.1, -0.05) is 53.5 Å². The van der Waals surface area contributed by atoms with Crippen LogP contribution >= 0.6 is 23.2 Å². The predicted octanol–water partition coefficient (Wildman–Crippen LogP) is 4.73. The van der Waals surface area contributed by atoms with Crippen LogP contribution in [0.1, 0.15) is 33.6 Å². The largest absolute Gasteiger partial charge is 0.339 e. The van der Waals surface area contributed by atoms with Crippen molar-refractivity contribution >= 4 is 34.9 Å². The normalized spacial score (nSPS) is 15.3. The second-order valence-electron chi connectivity index (χ2n) is 5.93. The van der Waals surface area contributed by atoms with Gasteiger partial charge in [-0.15, -0.1) is 0 Å². The summed E-state index contributed by atoms with van der Waals surface area (Å²) in [4.78, 5) is 26.8. The highest BCUT2D eigenvalue weighted by molar-refractivity contribution is 6.42. The molecule has 2 aromatic carbocycles. The SMILES string of the molecule is O=C(c1ccccc1)C1CCN(C(=O)c2ccc(Cl)c(Cl)c2)CC1. The molecule has 5 heteroatoms. The number of carbonyl (C=O) groups excluding carboxylic acids is 2. The predicted molar refractivity (Wildman–Crippen MR) is 95.9 cm³/mol. The third-order valence-corrected chi connectivity index (χ3v) is 5.12. The molecule has 124 valence electrons. The zero-order valence-corrected chi connectivity index (χ0v) is 14.6. The van der Waals surface area contributed by atoms with Crippen LogP contribution in [0.25, 0.3) is 0 Å². The molecule has 0 atom stereocenters. The maximum absolute atomic E-state index is 12.5. The first kappa shape index (κ1) is 17.0. The molecule has 0 unspecified atom stereocenters. The molecule has 3 nitrogen and oxygen atoms in total. The molecular formula is C19H17Cl2NO2. The molecule has 1 aliphatic rings. The fraction of sp³-hybridized carbons (Fsp3) is 0.263. The van der Waals surface area contributed by atoms with Crippen molar-refractivity contribution in [2.45, 2.75) is 12.8 Å². The van der Waals surface area contributed by atoms with Crippen LogP contribution in [0.15, 0.2) is 48.5 Å². The molecule has 1 aliphatic heterocycles. The second-order valence-corrected chi connectivity index (χ2v) is 6.74. The van der Waals surface area contributed by atoms with E-state index in [1.807, 2.05) is 30.3 Å². The number of halogens is 2. The van der Waals surface area contributed by atoms with Crippen molar-refractivity contribution in [1.29, 1.82) is 0 Å². The van der Waals surface area contributed by atoms with Crippen LogP contribution in [0.2, 0.25) is 10.0 Å². The van der Waals surface area contributed by atoms with Crippen molar-refractivity contribution < 1.29 is 9.59 Å². The molecule has 0 saturated carbocycles. The van der Waals surface area contributed by atoms with Gasteiger partial charge in [0.2, 0.25) is 0 Å². The van der Waals surface area contributed by atoms with Gasteiger partial charge in [-0.05, 0) is 31.0 Å². The van der Waals surface area contributed by atoms with Crippen LogP contribution in [0, 0.1) is 5.92 Å². The Labute approximate surface area is 151 Å². The summed E-state index contributed by atoms with van der Waals surface area (Å²) in [5.41, 5.74) is 1.27. The molecule has 1 amide bonds. The zero-order valence-electron chi connectivity index (χ0n) is 13.0. The maximum atomic E-state index is 12.5. The van der Waals surface area contributed by atoms with Crippen LogP contribution in [-0.2, 0) is 0 Å². The summed E-state index contributed by atoms with van der Waals surface area (Å²) in [7, 11) is 0. The average Bonchev–Trinajstić information content (AvgIpc) is 2.63. The van der Waals surface area contributed by atoms with Gasteiger partial charge in [-0.3, -0.25) is 9.59 Å². The third-order valence-electron chi connectivity index (χ3n) is 4.38. The quantitative estimate of drug-likeness (QED) is 0.741. The van der Waals surface area contributed by atoms with Gasteiger partial charge >= 0.3 is 0 Å². The number of rotatable bonds is 3. The smallest absolute Gasteiger partial charge is 0.253 e. The Bertz CT molecular complexity index is 753. The van der Waals surface area contributed by atoms with Gasteiger partial charge in [-0.2, -0.15) is 0 Å². The van der Waals surface area contributed by atoms with Crippen LogP contribution in [0.5, 0.6) is 0 Å². The van der Waals surface area contributed by atoms with Crippen molar-refractivity contribution in [2.75, 3.05) is 13.1 Å². The Morgan fingerprint density at radius 3 is 2.17 bits per heavy atom. The van der Waals surface area contributed by atoms with E-state index < -0.39 is 0 Å². The molecule has 3 rings (SSSR count). The second kappa shape index (κ2) is 7.37. The molecule has 2 aromatic rings. The van der Waals surface area contributed by atoms with E-state index in [0.717, 1.165) is 5.56 Å². The third kappa shape index (κ3) is 3.63. The van der Waals surface area contributed by atoms with E-state index in [-0.39, 0.29) is 17.6 Å². The summed E-state index contributed by atoms with van der Waals surface area (Å²) in [6.45, 7) is 1.14. The van der Waals surface area contributed by atoms with Crippen molar-refractivity contribution in [1.82, 2.24) is 4.90 Å². The lowest BCUT2D eigenvalue weighted by atomic mass is 9.88. The number of piperidine rings is 1. The number of likely N-dealkylation sites (tertiary alicyclic amines) is 1. The van der Waals surface area contributed by atoms with Gasteiger partial charge in [0.15, 0.2) is 5.78 Å². The zero-order chi connectivity index (χ0) is 17.1. The Balaban J connectivity index is 1.63. The monoisotopic (exact) mass is 361 g/mol. The topological polar surface area (TPSA) is 37.4 Å². The Morgan fingerprint density at radius 1 is 0.875 bits per heavy atom. The first-order valence-electron chi connectivity index (χ1n) is 7.90. The van der Waals surface area contributed by atoms with Gasteiger partial charge in [0.25, 0.3) is 5.91 Å². The summed E-state index contributed by atoms with van der Waals surface area (Å²) in [5.74, 6) is 0.0710. The summed E-state index contributed by atoms with van der Waals surface area (Å²) >= 11 is 11.9. The summed E-state index contributed by atoms with van der Waals surface area (Å²) in [6, 6.07) is 14.2. The summed E-state index contributed by atoms with van der Waals surface area (Å²) < 4.78 is 0. The number of benzene rings is 2. The number of hydrogen-bond donors (Lipinski definition) is 0. The number of hydrogen-bond acceptors (Lipinski definition) is 2. The molecule has 1 heterocycles. The number of Topliss-reactive ketones (excluding diaryl/α,β-unsaturated/α-hetero) is 1. The number of nitrogens with zero attached hydrogens (tertiary/aromatic N) is 1. The number of carbonyl (C=O) groups is 2. The van der Waals surface area contributed by atoms with E-state index in [1.165, 1.54) is 0 Å². The van der Waals surface area contributed by atoms with Gasteiger partial charge < -0.3 is 4.90 Å². The lowest BCUT2D eigenvalue weighted by Gasteiger charge is -2.31. The summed E-state index contributed by atoms with van der Waals surface area (Å²) in [5, 5.41) is 0.803. The number of amides is 1. The first-order chi connectivity index (χ1) is 11.6. The Hall–Kier alpha value is -1.84. The Kier molecular flexibility index (Phi) is 5.22. The highest BCUT2D eigenvalue weighted by atomic mass is 35.5. The van der Waals surface area contributed by atoms with E-state index in [2.05, 4.69) is 0 Å². The standard InChI is InChI=1S/C19H17Cl2NO2/c20-16-7-6-15(12-17(16)21)19(24)22-10-8-14(9-11-22)18(23)13-4-2-1-3-5-13/h1-7,12,14H,8-11H2. The van der Waals surface area contributed by atoms with Gasteiger partial charge in [0.1, 0.15) is 0 Å². The van der Waals surface area contributed by atoms with E-state index >= 15 is 0 Å². The van der Waals surface area contributed by atoms with Gasteiger partial charge in [-0.25, -0.2) is 0 Å². The molecule has 24 heavy (non-hydrogen) atoms. The maximum Gasteiger partial charge on any atom is 0.253 e. The van der Waals surface area contributed by atoms with E-state index in [9.17, 15) is 9.59 Å². The minimum absolute atomic E-state index is 0.0229. The van der Waals surface area contributed by atoms with Crippen LogP contribution in [0.3, 0.4) is 0 Å². The average molecular weight is 362 g/mol. The van der Waals surface area contributed by atoms with Crippen molar-refractivity contribution in [2.24, 2.45) is 5.92 Å². The minimum atomic E-state index is -0.0702. The lowest BCUT2D eigenvalue weighted by molar-refractivity contribution is 0.0650. The van der Waals surface area contributed by atoms with Crippen LogP contribution in [-0.4, -0.2) is 29.7 Å². The lowest BCUT2D eigenvalue weighted by Crippen LogP contribution is -2.40. The van der Waals surface area contributed by atoms with Crippen molar-refractivity contribution in [3.05, 3.63) is 69.7 Å². The fourth-order valence-corrected chi connectivity index (χ4v) is 3.29. The van der Waals surface area contributed by atoms with Crippen LogP contribution < -0.4 is 0 Å².